The first kappa shape index (κ1) is 14.7. The molecule has 0 bridgehead atoms. The normalized spacial score (nSPS) is 10.8. The van der Waals surface area contributed by atoms with Crippen LogP contribution in [0.4, 0.5) is 4.39 Å². The minimum atomic E-state index is -0.268. The van der Waals surface area contributed by atoms with Crippen molar-refractivity contribution in [1.82, 2.24) is 4.98 Å². The summed E-state index contributed by atoms with van der Waals surface area (Å²) >= 11 is 1.41. The predicted molar refractivity (Wildman–Crippen MR) is 88.5 cm³/mol. The lowest BCUT2D eigenvalue weighted by molar-refractivity contribution is -0.114. The molecule has 4 heteroatoms. The van der Waals surface area contributed by atoms with Gasteiger partial charge in [-0.05, 0) is 36.8 Å². The van der Waals surface area contributed by atoms with Crippen molar-refractivity contribution in [1.29, 1.82) is 0 Å². The van der Waals surface area contributed by atoms with Crippen molar-refractivity contribution in [2.75, 3.05) is 5.75 Å². The quantitative estimate of drug-likeness (QED) is 0.653. The van der Waals surface area contributed by atoms with Gasteiger partial charge in [-0.3, -0.25) is 4.79 Å². The number of pyridine rings is 1. The number of fused-ring (bicyclic) bond motifs is 1. The largest absolute Gasteiger partial charge is 0.299 e. The molecule has 2 nitrogen and oxygen atoms in total. The number of thioether (sulfide) groups is 1. The van der Waals surface area contributed by atoms with Gasteiger partial charge in [-0.2, -0.15) is 0 Å². The molecule has 0 aliphatic carbocycles. The van der Waals surface area contributed by atoms with E-state index in [0.29, 0.717) is 5.75 Å². The van der Waals surface area contributed by atoms with Crippen LogP contribution in [0.5, 0.6) is 0 Å². The molecule has 0 unspecified atom stereocenters. The zero-order valence-electron chi connectivity index (χ0n) is 12.0. The summed E-state index contributed by atoms with van der Waals surface area (Å²) in [5, 5.41) is 1.81. The molecule has 0 radical (unpaired) electrons. The number of carbonyl (C=O) groups is 1. The van der Waals surface area contributed by atoms with Crippen molar-refractivity contribution in [3.05, 3.63) is 60.4 Å². The monoisotopic (exact) mass is 311 g/mol. The summed E-state index contributed by atoms with van der Waals surface area (Å²) in [4.78, 5) is 15.9. The minimum absolute atomic E-state index is 0.102. The highest BCUT2D eigenvalue weighted by atomic mass is 32.2. The summed E-state index contributed by atoms with van der Waals surface area (Å²) in [6, 6.07) is 16.2. The van der Waals surface area contributed by atoms with E-state index < -0.39 is 0 Å². The Morgan fingerprint density at radius 2 is 1.86 bits per heavy atom. The van der Waals surface area contributed by atoms with E-state index in [1.165, 1.54) is 23.9 Å². The number of ketones is 1. The van der Waals surface area contributed by atoms with Crippen molar-refractivity contribution < 1.29 is 9.18 Å². The molecule has 0 fully saturated rings. The van der Waals surface area contributed by atoms with Gasteiger partial charge in [-0.25, -0.2) is 9.37 Å². The molecular weight excluding hydrogens is 297 g/mol. The zero-order chi connectivity index (χ0) is 15.5. The van der Waals surface area contributed by atoms with E-state index in [0.717, 1.165) is 27.1 Å². The number of Topliss-reactive ketones (excluding diaryl/α,β-unsaturated/α-hetero) is 1. The second-order valence-electron chi connectivity index (χ2n) is 5.03. The Morgan fingerprint density at radius 1 is 1.14 bits per heavy atom. The second-order valence-corrected chi connectivity index (χ2v) is 6.00. The van der Waals surface area contributed by atoms with Crippen LogP contribution in [0.3, 0.4) is 0 Å². The third kappa shape index (κ3) is 3.17. The molecule has 110 valence electrons. The fourth-order valence-corrected chi connectivity index (χ4v) is 3.05. The van der Waals surface area contributed by atoms with E-state index in [9.17, 15) is 9.18 Å². The summed E-state index contributed by atoms with van der Waals surface area (Å²) in [6.07, 6.45) is 0. The summed E-state index contributed by atoms with van der Waals surface area (Å²) in [5.41, 5.74) is 2.70. The Hall–Kier alpha value is -2.20. The average molecular weight is 311 g/mol. The van der Waals surface area contributed by atoms with Gasteiger partial charge < -0.3 is 0 Å². The number of hydrogen-bond donors (Lipinski definition) is 0. The second kappa shape index (κ2) is 6.28. The first-order valence-electron chi connectivity index (χ1n) is 6.91. The molecule has 0 atom stereocenters. The van der Waals surface area contributed by atoms with Gasteiger partial charge >= 0.3 is 0 Å². The number of hydrogen-bond acceptors (Lipinski definition) is 3. The molecule has 2 aromatic carbocycles. The Labute approximate surface area is 132 Å². The first-order chi connectivity index (χ1) is 10.6. The van der Waals surface area contributed by atoms with Crippen LogP contribution in [0.25, 0.3) is 22.0 Å². The maximum atomic E-state index is 13.1. The highest BCUT2D eigenvalue weighted by molar-refractivity contribution is 8.00. The number of carbonyl (C=O) groups excluding carboxylic acids is 1. The Morgan fingerprint density at radius 3 is 2.59 bits per heavy atom. The van der Waals surface area contributed by atoms with Crippen molar-refractivity contribution >= 4 is 28.4 Å². The van der Waals surface area contributed by atoms with E-state index in [4.69, 9.17) is 0 Å². The molecule has 3 aromatic rings. The van der Waals surface area contributed by atoms with Crippen molar-refractivity contribution in [2.24, 2.45) is 0 Å². The lowest BCUT2D eigenvalue weighted by Crippen LogP contribution is -1.96. The van der Waals surface area contributed by atoms with Crippen LogP contribution in [0.2, 0.25) is 0 Å². The molecule has 3 rings (SSSR count). The molecule has 0 saturated heterocycles. The SMILES string of the molecule is CC(=O)CSc1nc2ccccc2cc1-c1ccc(F)cc1. The van der Waals surface area contributed by atoms with E-state index >= 15 is 0 Å². The number of nitrogens with zero attached hydrogens (tertiary/aromatic N) is 1. The number of para-hydroxylation sites is 1. The summed E-state index contributed by atoms with van der Waals surface area (Å²) < 4.78 is 13.1. The third-order valence-electron chi connectivity index (χ3n) is 3.26. The molecule has 0 amide bonds. The maximum absolute atomic E-state index is 13.1. The van der Waals surface area contributed by atoms with Crippen LogP contribution >= 0.6 is 11.8 Å². The Balaban J connectivity index is 2.13. The van der Waals surface area contributed by atoms with Crippen molar-refractivity contribution in [3.8, 4) is 11.1 Å². The van der Waals surface area contributed by atoms with Gasteiger partial charge in [-0.1, -0.05) is 42.1 Å². The topological polar surface area (TPSA) is 30.0 Å². The smallest absolute Gasteiger partial charge is 0.140 e. The standard InChI is InChI=1S/C18H14FNOS/c1-12(21)11-22-18-16(13-6-8-15(19)9-7-13)10-14-4-2-3-5-17(14)20-18/h2-10H,11H2,1H3. The number of benzene rings is 2. The van der Waals surface area contributed by atoms with Crippen LogP contribution in [-0.4, -0.2) is 16.5 Å². The average Bonchev–Trinajstić information content (AvgIpc) is 2.53. The van der Waals surface area contributed by atoms with Gasteiger partial charge in [0.2, 0.25) is 0 Å². The van der Waals surface area contributed by atoms with E-state index in [1.54, 1.807) is 19.1 Å². The minimum Gasteiger partial charge on any atom is -0.299 e. The Bertz CT molecular complexity index is 830. The predicted octanol–water partition coefficient (Wildman–Crippen LogP) is 4.72. The van der Waals surface area contributed by atoms with Gasteiger partial charge in [0.05, 0.1) is 11.3 Å². The molecule has 0 spiro atoms. The van der Waals surface area contributed by atoms with Crippen molar-refractivity contribution in [3.63, 3.8) is 0 Å². The van der Waals surface area contributed by atoms with Crippen LogP contribution in [0, 0.1) is 5.82 Å². The number of halogens is 1. The summed E-state index contributed by atoms with van der Waals surface area (Å²) in [6.45, 7) is 1.56. The van der Waals surface area contributed by atoms with Crippen LogP contribution in [0.1, 0.15) is 6.92 Å². The van der Waals surface area contributed by atoms with Gasteiger partial charge in [0.25, 0.3) is 0 Å². The maximum Gasteiger partial charge on any atom is 0.140 e. The first-order valence-corrected chi connectivity index (χ1v) is 7.90. The molecule has 1 aromatic heterocycles. The molecule has 0 saturated carbocycles. The molecule has 22 heavy (non-hydrogen) atoms. The lowest BCUT2D eigenvalue weighted by Gasteiger charge is -2.10. The highest BCUT2D eigenvalue weighted by Gasteiger charge is 2.11. The summed E-state index contributed by atoms with van der Waals surface area (Å²) in [5.74, 6) is 0.208. The molecular formula is C18H14FNOS. The summed E-state index contributed by atoms with van der Waals surface area (Å²) in [7, 11) is 0. The number of rotatable bonds is 4. The van der Waals surface area contributed by atoms with Crippen LogP contribution in [-0.2, 0) is 4.79 Å². The lowest BCUT2D eigenvalue weighted by atomic mass is 10.1. The fourth-order valence-electron chi connectivity index (χ4n) is 2.21. The van der Waals surface area contributed by atoms with Crippen LogP contribution < -0.4 is 0 Å². The van der Waals surface area contributed by atoms with Gasteiger partial charge in [-0.15, -0.1) is 0 Å². The van der Waals surface area contributed by atoms with Crippen LogP contribution in [0.15, 0.2) is 59.6 Å². The van der Waals surface area contributed by atoms with E-state index in [1.807, 2.05) is 30.3 Å². The molecule has 0 aliphatic heterocycles. The fraction of sp³-hybridized carbons (Fsp3) is 0.111. The molecule has 0 N–H and O–H groups in total. The highest BCUT2D eigenvalue weighted by Crippen LogP contribution is 2.32. The van der Waals surface area contributed by atoms with Gasteiger partial charge in [0.15, 0.2) is 0 Å². The van der Waals surface area contributed by atoms with Gasteiger partial charge in [0, 0.05) is 10.9 Å². The molecule has 0 aliphatic rings. The van der Waals surface area contributed by atoms with E-state index in [2.05, 4.69) is 4.98 Å². The van der Waals surface area contributed by atoms with Gasteiger partial charge in [0.1, 0.15) is 16.6 Å². The Kier molecular flexibility index (Phi) is 4.20. The number of aromatic nitrogens is 1. The zero-order valence-corrected chi connectivity index (χ0v) is 12.9. The molecule has 1 heterocycles. The van der Waals surface area contributed by atoms with E-state index in [-0.39, 0.29) is 11.6 Å². The third-order valence-corrected chi connectivity index (χ3v) is 4.39. The van der Waals surface area contributed by atoms with Crippen molar-refractivity contribution in [2.45, 2.75) is 11.9 Å².